The standard InChI is InChI=1S/C19H22N2O4S/c1-3-12-21-26(23,24)18-6-4-5-16(14-18)19(22)20-13-11-15-7-9-17(25-2)10-8-15/h3-10,14,21H,1,11-13H2,2H3,(H,20,22). The first-order chi connectivity index (χ1) is 12.5. The Labute approximate surface area is 153 Å². The van der Waals surface area contributed by atoms with Gasteiger partial charge in [-0.05, 0) is 42.3 Å². The van der Waals surface area contributed by atoms with Crippen molar-refractivity contribution in [2.24, 2.45) is 0 Å². The monoisotopic (exact) mass is 374 g/mol. The maximum absolute atomic E-state index is 12.3. The second-order valence-electron chi connectivity index (χ2n) is 5.52. The molecule has 2 aromatic rings. The Morgan fingerprint density at radius 3 is 2.58 bits per heavy atom. The molecule has 0 aliphatic rings. The van der Waals surface area contributed by atoms with Crippen LogP contribution in [0.2, 0.25) is 0 Å². The summed E-state index contributed by atoms with van der Waals surface area (Å²) >= 11 is 0. The summed E-state index contributed by atoms with van der Waals surface area (Å²) in [5.41, 5.74) is 1.36. The molecule has 0 aromatic heterocycles. The molecule has 2 aromatic carbocycles. The number of sulfonamides is 1. The highest BCUT2D eigenvalue weighted by Gasteiger charge is 2.15. The summed E-state index contributed by atoms with van der Waals surface area (Å²) in [6, 6.07) is 13.5. The van der Waals surface area contributed by atoms with Crippen LogP contribution in [0.3, 0.4) is 0 Å². The van der Waals surface area contributed by atoms with Gasteiger partial charge >= 0.3 is 0 Å². The van der Waals surface area contributed by atoms with Crippen molar-refractivity contribution in [3.05, 3.63) is 72.3 Å². The number of nitrogens with one attached hydrogen (secondary N) is 2. The second kappa shape index (κ2) is 9.17. The SMILES string of the molecule is C=CCNS(=O)(=O)c1cccc(C(=O)NCCc2ccc(OC)cc2)c1. The van der Waals surface area contributed by atoms with Crippen LogP contribution in [0.1, 0.15) is 15.9 Å². The van der Waals surface area contributed by atoms with E-state index in [-0.39, 0.29) is 17.3 Å². The Kier molecular flexibility index (Phi) is 6.94. The number of ether oxygens (including phenoxy) is 1. The fraction of sp³-hybridized carbons (Fsp3) is 0.211. The molecule has 0 heterocycles. The van der Waals surface area contributed by atoms with Crippen LogP contribution in [0, 0.1) is 0 Å². The van der Waals surface area contributed by atoms with E-state index in [2.05, 4.69) is 16.6 Å². The highest BCUT2D eigenvalue weighted by Crippen LogP contribution is 2.13. The minimum absolute atomic E-state index is 0.0437. The van der Waals surface area contributed by atoms with Gasteiger partial charge in [0, 0.05) is 18.7 Å². The molecule has 0 saturated heterocycles. The van der Waals surface area contributed by atoms with Crippen LogP contribution in [0.15, 0.2) is 66.1 Å². The molecule has 0 radical (unpaired) electrons. The lowest BCUT2D eigenvalue weighted by Gasteiger charge is -2.08. The van der Waals surface area contributed by atoms with Crippen LogP contribution >= 0.6 is 0 Å². The van der Waals surface area contributed by atoms with E-state index in [4.69, 9.17) is 4.74 Å². The van der Waals surface area contributed by atoms with Crippen molar-refractivity contribution < 1.29 is 17.9 Å². The highest BCUT2D eigenvalue weighted by molar-refractivity contribution is 7.89. The van der Waals surface area contributed by atoms with Crippen molar-refractivity contribution in [3.8, 4) is 5.75 Å². The van der Waals surface area contributed by atoms with Crippen molar-refractivity contribution in [3.63, 3.8) is 0 Å². The van der Waals surface area contributed by atoms with Crippen LogP contribution in [-0.4, -0.2) is 34.5 Å². The number of methoxy groups -OCH3 is 1. The molecule has 0 aliphatic heterocycles. The first-order valence-electron chi connectivity index (χ1n) is 8.08. The van der Waals surface area contributed by atoms with Crippen molar-refractivity contribution >= 4 is 15.9 Å². The average molecular weight is 374 g/mol. The molecule has 2 N–H and O–H groups in total. The molecule has 6 nitrogen and oxygen atoms in total. The van der Waals surface area contributed by atoms with Gasteiger partial charge in [0.2, 0.25) is 10.0 Å². The maximum atomic E-state index is 12.3. The summed E-state index contributed by atoms with van der Waals surface area (Å²) in [5, 5.41) is 2.80. The Morgan fingerprint density at radius 1 is 1.19 bits per heavy atom. The fourth-order valence-corrected chi connectivity index (χ4v) is 3.31. The van der Waals surface area contributed by atoms with Gasteiger partial charge in [-0.2, -0.15) is 0 Å². The quantitative estimate of drug-likeness (QED) is 0.659. The second-order valence-corrected chi connectivity index (χ2v) is 7.29. The molecule has 0 spiro atoms. The zero-order valence-electron chi connectivity index (χ0n) is 14.6. The average Bonchev–Trinajstić information content (AvgIpc) is 2.67. The molecular weight excluding hydrogens is 352 g/mol. The molecule has 0 atom stereocenters. The summed E-state index contributed by atoms with van der Waals surface area (Å²) in [4.78, 5) is 12.3. The van der Waals surface area contributed by atoms with Gasteiger partial charge < -0.3 is 10.1 Å². The predicted octanol–water partition coefficient (Wildman–Crippen LogP) is 2.13. The van der Waals surface area contributed by atoms with E-state index in [1.54, 1.807) is 19.2 Å². The first-order valence-corrected chi connectivity index (χ1v) is 9.56. The molecule has 0 saturated carbocycles. The molecule has 7 heteroatoms. The van der Waals surface area contributed by atoms with E-state index in [1.165, 1.54) is 18.2 Å². The number of rotatable bonds is 9. The number of hydrogen-bond donors (Lipinski definition) is 2. The zero-order valence-corrected chi connectivity index (χ0v) is 15.4. The molecule has 0 bridgehead atoms. The number of carbonyl (C=O) groups is 1. The van der Waals surface area contributed by atoms with Gasteiger partial charge in [0.15, 0.2) is 0 Å². The summed E-state index contributed by atoms with van der Waals surface area (Å²) in [5.74, 6) is 0.458. The molecule has 1 amide bonds. The van der Waals surface area contributed by atoms with Crippen LogP contribution in [0.4, 0.5) is 0 Å². The van der Waals surface area contributed by atoms with E-state index in [9.17, 15) is 13.2 Å². The molecule has 138 valence electrons. The normalized spacial score (nSPS) is 11.0. The number of amides is 1. The largest absolute Gasteiger partial charge is 0.497 e. The van der Waals surface area contributed by atoms with Gasteiger partial charge in [0.05, 0.1) is 12.0 Å². The smallest absolute Gasteiger partial charge is 0.251 e. The Hall–Kier alpha value is -2.64. The van der Waals surface area contributed by atoms with E-state index in [0.29, 0.717) is 18.5 Å². The van der Waals surface area contributed by atoms with Crippen LogP contribution in [-0.2, 0) is 16.4 Å². The topological polar surface area (TPSA) is 84.5 Å². The Bertz CT molecular complexity index is 861. The summed E-state index contributed by atoms with van der Waals surface area (Å²) in [6.45, 7) is 4.04. The minimum Gasteiger partial charge on any atom is -0.497 e. The third-order valence-corrected chi connectivity index (χ3v) is 5.10. The predicted molar refractivity (Wildman–Crippen MR) is 101 cm³/mol. The van der Waals surface area contributed by atoms with Gasteiger partial charge in [0.25, 0.3) is 5.91 Å². The van der Waals surface area contributed by atoms with Crippen LogP contribution in [0.25, 0.3) is 0 Å². The molecule has 0 fully saturated rings. The van der Waals surface area contributed by atoms with Crippen molar-refractivity contribution in [1.29, 1.82) is 0 Å². The van der Waals surface area contributed by atoms with Crippen LogP contribution < -0.4 is 14.8 Å². The Morgan fingerprint density at radius 2 is 1.92 bits per heavy atom. The minimum atomic E-state index is -3.66. The molecule has 0 unspecified atom stereocenters. The Balaban J connectivity index is 1.96. The maximum Gasteiger partial charge on any atom is 0.251 e. The van der Waals surface area contributed by atoms with Gasteiger partial charge in [-0.3, -0.25) is 4.79 Å². The zero-order chi connectivity index (χ0) is 19.0. The van der Waals surface area contributed by atoms with Gasteiger partial charge in [-0.25, -0.2) is 13.1 Å². The molecule has 26 heavy (non-hydrogen) atoms. The fourth-order valence-electron chi connectivity index (χ4n) is 2.27. The third-order valence-electron chi connectivity index (χ3n) is 3.68. The molecule has 0 aliphatic carbocycles. The first kappa shape index (κ1) is 19.7. The molecule has 2 rings (SSSR count). The molecular formula is C19H22N2O4S. The van der Waals surface area contributed by atoms with Crippen molar-refractivity contribution in [2.75, 3.05) is 20.2 Å². The van der Waals surface area contributed by atoms with Gasteiger partial charge in [-0.1, -0.05) is 24.3 Å². The lowest BCUT2D eigenvalue weighted by Crippen LogP contribution is -2.27. The highest BCUT2D eigenvalue weighted by atomic mass is 32.2. The van der Waals surface area contributed by atoms with Crippen molar-refractivity contribution in [1.82, 2.24) is 10.0 Å². The summed E-state index contributed by atoms with van der Waals surface area (Å²) < 4.78 is 31.7. The lowest BCUT2D eigenvalue weighted by atomic mass is 10.1. The van der Waals surface area contributed by atoms with E-state index >= 15 is 0 Å². The summed E-state index contributed by atoms with van der Waals surface area (Å²) in [7, 11) is -2.05. The van der Waals surface area contributed by atoms with Gasteiger partial charge in [-0.15, -0.1) is 6.58 Å². The summed E-state index contributed by atoms with van der Waals surface area (Å²) in [6.07, 6.45) is 2.11. The van der Waals surface area contributed by atoms with Crippen molar-refractivity contribution in [2.45, 2.75) is 11.3 Å². The van der Waals surface area contributed by atoms with E-state index < -0.39 is 10.0 Å². The van der Waals surface area contributed by atoms with E-state index in [0.717, 1.165) is 11.3 Å². The number of carbonyl (C=O) groups excluding carboxylic acids is 1. The van der Waals surface area contributed by atoms with E-state index in [1.807, 2.05) is 24.3 Å². The number of hydrogen-bond acceptors (Lipinski definition) is 4. The van der Waals surface area contributed by atoms with Gasteiger partial charge in [0.1, 0.15) is 5.75 Å². The third kappa shape index (κ3) is 5.44. The number of benzene rings is 2. The lowest BCUT2D eigenvalue weighted by molar-refractivity contribution is 0.0954. The van der Waals surface area contributed by atoms with Crippen LogP contribution in [0.5, 0.6) is 5.75 Å².